The molecule has 0 aromatic heterocycles. The van der Waals surface area contributed by atoms with Gasteiger partial charge in [0.15, 0.2) is 6.10 Å². The second-order valence-corrected chi connectivity index (χ2v) is 4.26. The van der Waals surface area contributed by atoms with Gasteiger partial charge >= 0.3 is 0 Å². The Hall–Kier alpha value is -1.71. The first-order valence-corrected chi connectivity index (χ1v) is 6.08. The predicted octanol–water partition coefficient (Wildman–Crippen LogP) is 2.66. The molecule has 0 bridgehead atoms. The third kappa shape index (κ3) is 2.70. The lowest BCUT2D eigenvalue weighted by Crippen LogP contribution is -2.35. The van der Waals surface area contributed by atoms with Crippen molar-refractivity contribution in [3.05, 3.63) is 18.2 Å². The lowest BCUT2D eigenvalue weighted by atomic mass is 10.2. The topological polar surface area (TPSA) is 59.6 Å². The molecular formula is C13H19N3O. The molecule has 0 saturated carbocycles. The summed E-state index contributed by atoms with van der Waals surface area (Å²) in [4.78, 5) is 4.52. The van der Waals surface area contributed by atoms with Crippen molar-refractivity contribution in [3.8, 4) is 5.75 Å². The average molecular weight is 233 g/mol. The number of ether oxygens (including phenoxy) is 1. The van der Waals surface area contributed by atoms with Gasteiger partial charge in [-0.1, -0.05) is 13.3 Å². The van der Waals surface area contributed by atoms with Crippen molar-refractivity contribution in [1.29, 1.82) is 0 Å². The molecule has 4 nitrogen and oxygen atoms in total. The van der Waals surface area contributed by atoms with E-state index in [2.05, 4.69) is 17.2 Å². The smallest absolute Gasteiger partial charge is 0.153 e. The molecule has 1 unspecified atom stereocenters. The van der Waals surface area contributed by atoms with Crippen LogP contribution in [0.25, 0.3) is 0 Å². The third-order valence-corrected chi connectivity index (χ3v) is 2.75. The minimum atomic E-state index is -0.0250. The molecule has 0 aliphatic carbocycles. The van der Waals surface area contributed by atoms with Gasteiger partial charge in [0, 0.05) is 12.2 Å². The van der Waals surface area contributed by atoms with Gasteiger partial charge in [-0.2, -0.15) is 0 Å². The van der Waals surface area contributed by atoms with Crippen LogP contribution in [-0.4, -0.2) is 18.5 Å². The molecule has 1 heterocycles. The maximum Gasteiger partial charge on any atom is 0.153 e. The second-order valence-electron chi connectivity index (χ2n) is 4.26. The van der Waals surface area contributed by atoms with Crippen LogP contribution in [0, 0.1) is 0 Å². The number of hydrogen-bond acceptors (Lipinski definition) is 3. The number of nitrogens with two attached hydrogens (primary N) is 1. The highest BCUT2D eigenvalue weighted by molar-refractivity contribution is 6.02. The SMILES string of the molecule is CCCCN=C1Nc2cc(N)ccc2OC1C. The van der Waals surface area contributed by atoms with Gasteiger partial charge < -0.3 is 15.8 Å². The van der Waals surface area contributed by atoms with Crippen LogP contribution in [0.4, 0.5) is 11.4 Å². The number of hydrogen-bond donors (Lipinski definition) is 2. The first kappa shape index (κ1) is 11.8. The molecule has 1 aromatic rings. The fraction of sp³-hybridized carbons (Fsp3) is 0.462. The van der Waals surface area contributed by atoms with Gasteiger partial charge in [0.1, 0.15) is 11.6 Å². The maximum atomic E-state index is 5.78. The lowest BCUT2D eigenvalue weighted by molar-refractivity contribution is 0.282. The van der Waals surface area contributed by atoms with Crippen molar-refractivity contribution in [2.75, 3.05) is 17.6 Å². The predicted molar refractivity (Wildman–Crippen MR) is 71.8 cm³/mol. The summed E-state index contributed by atoms with van der Waals surface area (Å²) in [5, 5.41) is 3.29. The van der Waals surface area contributed by atoms with Crippen LogP contribution < -0.4 is 15.8 Å². The normalized spacial score (nSPS) is 20.6. The number of unbranched alkanes of at least 4 members (excludes halogenated alkanes) is 1. The Labute approximate surface area is 102 Å². The summed E-state index contributed by atoms with van der Waals surface area (Å²) in [6, 6.07) is 5.60. The molecule has 1 aliphatic heterocycles. The molecule has 4 heteroatoms. The summed E-state index contributed by atoms with van der Waals surface area (Å²) in [6.45, 7) is 4.99. The fourth-order valence-electron chi connectivity index (χ4n) is 1.76. The number of fused-ring (bicyclic) bond motifs is 1. The molecule has 0 fully saturated rings. The van der Waals surface area contributed by atoms with Gasteiger partial charge in [0.05, 0.1) is 5.69 Å². The summed E-state index contributed by atoms with van der Waals surface area (Å²) in [5.74, 6) is 1.72. The van der Waals surface area contributed by atoms with Crippen LogP contribution in [0.1, 0.15) is 26.7 Å². The van der Waals surface area contributed by atoms with Gasteiger partial charge in [-0.05, 0) is 31.5 Å². The fourth-order valence-corrected chi connectivity index (χ4v) is 1.76. The van der Waals surface area contributed by atoms with Crippen LogP contribution >= 0.6 is 0 Å². The lowest BCUT2D eigenvalue weighted by Gasteiger charge is -2.26. The van der Waals surface area contributed by atoms with Crippen LogP contribution in [0.15, 0.2) is 23.2 Å². The molecule has 0 amide bonds. The Balaban J connectivity index is 2.16. The molecule has 1 aliphatic rings. The number of nitrogen functional groups attached to an aromatic ring is 1. The van der Waals surface area contributed by atoms with Crippen molar-refractivity contribution in [2.45, 2.75) is 32.8 Å². The summed E-state index contributed by atoms with van der Waals surface area (Å²) >= 11 is 0. The van der Waals surface area contributed by atoms with E-state index in [1.807, 2.05) is 25.1 Å². The number of anilines is 2. The summed E-state index contributed by atoms with van der Waals surface area (Å²) < 4.78 is 5.78. The van der Waals surface area contributed by atoms with Crippen LogP contribution in [-0.2, 0) is 0 Å². The molecular weight excluding hydrogens is 214 g/mol. The van der Waals surface area contributed by atoms with Gasteiger partial charge in [-0.25, -0.2) is 0 Å². The molecule has 17 heavy (non-hydrogen) atoms. The van der Waals surface area contributed by atoms with E-state index < -0.39 is 0 Å². The number of benzene rings is 1. The standard InChI is InChI=1S/C13H19N3O/c1-3-4-7-15-13-9(2)17-12-6-5-10(14)8-11(12)16-13/h5-6,8-9H,3-4,7,14H2,1-2H3,(H,15,16). The zero-order chi connectivity index (χ0) is 12.3. The number of nitrogens with zero attached hydrogens (tertiary/aromatic N) is 1. The van der Waals surface area contributed by atoms with Crippen molar-refractivity contribution < 1.29 is 4.74 Å². The first-order valence-electron chi connectivity index (χ1n) is 6.08. The Bertz CT molecular complexity index is 429. The number of amidine groups is 1. The van der Waals surface area contributed by atoms with E-state index in [4.69, 9.17) is 10.5 Å². The van der Waals surface area contributed by atoms with Crippen LogP contribution in [0.5, 0.6) is 5.75 Å². The van der Waals surface area contributed by atoms with Gasteiger partial charge in [0.25, 0.3) is 0 Å². The quantitative estimate of drug-likeness (QED) is 0.623. The van der Waals surface area contributed by atoms with E-state index in [1.165, 1.54) is 0 Å². The zero-order valence-corrected chi connectivity index (χ0v) is 10.4. The summed E-state index contributed by atoms with van der Waals surface area (Å²) in [6.07, 6.45) is 2.22. The molecule has 0 radical (unpaired) electrons. The largest absolute Gasteiger partial charge is 0.481 e. The Kier molecular flexibility index (Phi) is 3.52. The van der Waals surface area contributed by atoms with Crippen molar-refractivity contribution >= 4 is 17.2 Å². The van der Waals surface area contributed by atoms with E-state index in [-0.39, 0.29) is 6.10 Å². The second kappa shape index (κ2) is 5.08. The van der Waals surface area contributed by atoms with E-state index >= 15 is 0 Å². The highest BCUT2D eigenvalue weighted by atomic mass is 16.5. The number of aliphatic imine (C=N–C) groups is 1. The Morgan fingerprint density at radius 3 is 3.06 bits per heavy atom. The average Bonchev–Trinajstić information content (AvgIpc) is 2.31. The van der Waals surface area contributed by atoms with Crippen LogP contribution in [0.3, 0.4) is 0 Å². The van der Waals surface area contributed by atoms with Gasteiger partial charge in [-0.15, -0.1) is 0 Å². The highest BCUT2D eigenvalue weighted by Gasteiger charge is 2.21. The van der Waals surface area contributed by atoms with Crippen molar-refractivity contribution in [2.24, 2.45) is 4.99 Å². The molecule has 3 N–H and O–H groups in total. The van der Waals surface area contributed by atoms with E-state index in [9.17, 15) is 0 Å². The summed E-state index contributed by atoms with van der Waals surface area (Å²) in [7, 11) is 0. The molecule has 2 rings (SSSR count). The zero-order valence-electron chi connectivity index (χ0n) is 10.4. The minimum Gasteiger partial charge on any atom is -0.481 e. The number of nitrogens with one attached hydrogen (secondary N) is 1. The monoisotopic (exact) mass is 233 g/mol. The van der Waals surface area contributed by atoms with E-state index in [1.54, 1.807) is 0 Å². The third-order valence-electron chi connectivity index (χ3n) is 2.75. The van der Waals surface area contributed by atoms with E-state index in [0.717, 1.165) is 42.3 Å². The Morgan fingerprint density at radius 2 is 2.29 bits per heavy atom. The maximum absolute atomic E-state index is 5.78. The minimum absolute atomic E-state index is 0.0250. The Morgan fingerprint density at radius 1 is 1.47 bits per heavy atom. The molecule has 92 valence electrons. The molecule has 0 saturated heterocycles. The highest BCUT2D eigenvalue weighted by Crippen LogP contribution is 2.31. The summed E-state index contributed by atoms with van der Waals surface area (Å²) in [5.41, 5.74) is 7.37. The van der Waals surface area contributed by atoms with Gasteiger partial charge in [0.2, 0.25) is 0 Å². The molecule has 0 spiro atoms. The van der Waals surface area contributed by atoms with Crippen LogP contribution in [0.2, 0.25) is 0 Å². The van der Waals surface area contributed by atoms with Crippen molar-refractivity contribution in [3.63, 3.8) is 0 Å². The van der Waals surface area contributed by atoms with Gasteiger partial charge in [-0.3, -0.25) is 4.99 Å². The van der Waals surface area contributed by atoms with E-state index in [0.29, 0.717) is 0 Å². The first-order chi connectivity index (χ1) is 8.20. The number of rotatable bonds is 3. The molecule has 1 aromatic carbocycles. The molecule has 1 atom stereocenters. The van der Waals surface area contributed by atoms with Crippen molar-refractivity contribution in [1.82, 2.24) is 0 Å².